The van der Waals surface area contributed by atoms with E-state index in [4.69, 9.17) is 4.74 Å². The van der Waals surface area contributed by atoms with E-state index < -0.39 is 13.0 Å². The molecule has 0 radical (unpaired) electrons. The Hall–Kier alpha value is -2.14. The maximum atomic E-state index is 12.3. The number of hydrogen-bond donors (Lipinski definition) is 1. The Balaban J connectivity index is 1.13. The summed E-state index contributed by atoms with van der Waals surface area (Å²) in [5.74, 6) is 0.718. The van der Waals surface area contributed by atoms with Crippen molar-refractivity contribution in [1.82, 2.24) is 30.2 Å². The average molecular weight is 483 g/mol. The first-order valence-corrected chi connectivity index (χ1v) is 12.5. The van der Waals surface area contributed by atoms with Crippen molar-refractivity contribution in [2.75, 3.05) is 26.2 Å². The fourth-order valence-corrected chi connectivity index (χ4v) is 5.63. The van der Waals surface area contributed by atoms with Crippen LogP contribution < -0.4 is 10.1 Å². The zero-order valence-corrected chi connectivity index (χ0v) is 19.8. The van der Waals surface area contributed by atoms with Gasteiger partial charge in [0, 0.05) is 37.5 Å². The van der Waals surface area contributed by atoms with Gasteiger partial charge in [-0.15, -0.1) is 0 Å². The average Bonchev–Trinajstić information content (AvgIpc) is 3.32. The predicted octanol–water partition coefficient (Wildman–Crippen LogP) is 2.62. The summed E-state index contributed by atoms with van der Waals surface area (Å²) in [4.78, 5) is 21.8. The highest BCUT2D eigenvalue weighted by Gasteiger charge is 2.24. The molecule has 4 rings (SSSR count). The predicted molar refractivity (Wildman–Crippen MR) is 121 cm³/mol. The summed E-state index contributed by atoms with van der Waals surface area (Å²) >= 11 is 1.41. The van der Waals surface area contributed by atoms with Crippen LogP contribution in [0, 0.1) is 5.92 Å². The first-order chi connectivity index (χ1) is 15.9. The van der Waals surface area contributed by atoms with E-state index in [0.717, 1.165) is 63.9 Å². The summed E-state index contributed by atoms with van der Waals surface area (Å²) in [7, 11) is 1.75. The molecule has 0 spiro atoms. The number of halogens is 2. The molecule has 8 nitrogen and oxygen atoms in total. The van der Waals surface area contributed by atoms with Gasteiger partial charge in [0.2, 0.25) is 5.91 Å². The summed E-state index contributed by atoms with van der Waals surface area (Å²) < 4.78 is 29.8. The number of aryl methyl sites for hydroxylation is 1. The summed E-state index contributed by atoms with van der Waals surface area (Å²) in [6, 6.07) is 0.257. The number of rotatable bonds is 9. The molecule has 0 aromatic carbocycles. The number of nitrogens with one attached hydrogen (secondary N) is 1. The van der Waals surface area contributed by atoms with Crippen molar-refractivity contribution >= 4 is 17.2 Å². The molecule has 1 amide bonds. The third kappa shape index (κ3) is 7.17. The van der Waals surface area contributed by atoms with E-state index in [0.29, 0.717) is 16.8 Å². The zero-order chi connectivity index (χ0) is 23.2. The lowest BCUT2D eigenvalue weighted by atomic mass is 9.84. The molecule has 33 heavy (non-hydrogen) atoms. The molecule has 1 N–H and O–H groups in total. The third-order valence-corrected chi connectivity index (χ3v) is 7.54. The van der Waals surface area contributed by atoms with Gasteiger partial charge < -0.3 is 15.0 Å². The summed E-state index contributed by atoms with van der Waals surface area (Å²) in [5, 5.41) is 11.7. The van der Waals surface area contributed by atoms with Crippen molar-refractivity contribution in [3.05, 3.63) is 22.5 Å². The summed E-state index contributed by atoms with van der Waals surface area (Å²) in [6.45, 7) is 2.39. The van der Waals surface area contributed by atoms with E-state index in [9.17, 15) is 13.6 Å². The number of carbonyl (C=O) groups is 1. The van der Waals surface area contributed by atoms with Crippen molar-refractivity contribution in [1.29, 1.82) is 0 Å². The Morgan fingerprint density at radius 2 is 2.06 bits per heavy atom. The van der Waals surface area contributed by atoms with Gasteiger partial charge in [0.25, 0.3) is 11.6 Å². The SMILES string of the molecule is Cn1ncc(CC(=O)N[C@H]2CC[C@H](CCN3CCc4nc(OCC(F)F)sc4CC3)CC2)n1. The second-order valence-corrected chi connectivity index (χ2v) is 10.0. The van der Waals surface area contributed by atoms with Crippen LogP contribution in [-0.4, -0.2) is 69.5 Å². The molecule has 0 saturated heterocycles. The van der Waals surface area contributed by atoms with Gasteiger partial charge in [-0.05, 0) is 51.0 Å². The van der Waals surface area contributed by atoms with Crippen LogP contribution in [0.4, 0.5) is 8.78 Å². The monoisotopic (exact) mass is 482 g/mol. The lowest BCUT2D eigenvalue weighted by Crippen LogP contribution is -2.39. The van der Waals surface area contributed by atoms with Crippen LogP contribution in [0.2, 0.25) is 0 Å². The van der Waals surface area contributed by atoms with Gasteiger partial charge in [-0.25, -0.2) is 13.8 Å². The smallest absolute Gasteiger partial charge is 0.273 e. The fraction of sp³-hybridized carbons (Fsp3) is 0.727. The molecule has 3 heterocycles. The van der Waals surface area contributed by atoms with Crippen LogP contribution in [0.3, 0.4) is 0 Å². The van der Waals surface area contributed by atoms with Crippen molar-refractivity contribution in [2.45, 2.75) is 63.8 Å². The van der Waals surface area contributed by atoms with Crippen LogP contribution in [-0.2, 0) is 31.1 Å². The maximum Gasteiger partial charge on any atom is 0.273 e. The van der Waals surface area contributed by atoms with Gasteiger partial charge in [0.15, 0.2) is 6.61 Å². The standard InChI is InChI=1S/C22H32F2N6O2S/c1-29-25-13-17(28-29)12-21(31)26-16-4-2-15(3-5-16)6-9-30-10-7-18-19(8-11-30)33-22(27-18)32-14-20(23)24/h13,15-16,20H,2-12,14H2,1H3,(H,26,31)/t15-,16-. The van der Waals surface area contributed by atoms with Crippen LogP contribution in [0.5, 0.6) is 5.19 Å². The van der Waals surface area contributed by atoms with E-state index >= 15 is 0 Å². The topological polar surface area (TPSA) is 85.2 Å². The molecular weight excluding hydrogens is 450 g/mol. The number of carbonyl (C=O) groups excluding carboxylic acids is 1. The minimum absolute atomic E-state index is 0.0207. The van der Waals surface area contributed by atoms with Gasteiger partial charge >= 0.3 is 0 Å². The number of nitrogens with zero attached hydrogens (tertiary/aromatic N) is 5. The van der Waals surface area contributed by atoms with Crippen LogP contribution in [0.15, 0.2) is 6.20 Å². The van der Waals surface area contributed by atoms with E-state index in [2.05, 4.69) is 25.4 Å². The van der Waals surface area contributed by atoms with Crippen molar-refractivity contribution in [2.24, 2.45) is 13.0 Å². The lowest BCUT2D eigenvalue weighted by Gasteiger charge is -2.30. The van der Waals surface area contributed by atoms with Gasteiger partial charge in [0.05, 0.1) is 24.0 Å². The minimum Gasteiger partial charge on any atom is -0.464 e. The largest absolute Gasteiger partial charge is 0.464 e. The summed E-state index contributed by atoms with van der Waals surface area (Å²) in [5.41, 5.74) is 1.70. The molecule has 1 aliphatic carbocycles. The first kappa shape index (κ1) is 24.0. The molecule has 1 saturated carbocycles. The van der Waals surface area contributed by atoms with E-state index in [1.807, 2.05) is 0 Å². The minimum atomic E-state index is -2.47. The van der Waals surface area contributed by atoms with Crippen molar-refractivity contribution < 1.29 is 18.3 Å². The molecule has 2 aromatic rings. The fourth-order valence-electron chi connectivity index (χ4n) is 4.68. The van der Waals surface area contributed by atoms with Gasteiger partial charge in [-0.1, -0.05) is 11.3 Å². The molecule has 182 valence electrons. The quantitative estimate of drug-likeness (QED) is 0.592. The second-order valence-electron chi connectivity index (χ2n) is 8.97. The molecule has 1 aliphatic heterocycles. The number of amides is 1. The highest BCUT2D eigenvalue weighted by Crippen LogP contribution is 2.30. The Bertz CT molecular complexity index is 887. The highest BCUT2D eigenvalue weighted by molar-refractivity contribution is 7.13. The van der Waals surface area contributed by atoms with Crippen LogP contribution in [0.1, 0.15) is 48.4 Å². The molecule has 1 fully saturated rings. The summed E-state index contributed by atoms with van der Waals surface area (Å²) in [6.07, 6.45) is 6.69. The molecule has 11 heteroatoms. The van der Waals surface area contributed by atoms with E-state index in [1.54, 1.807) is 13.2 Å². The number of ether oxygens (including phenoxy) is 1. The van der Waals surface area contributed by atoms with E-state index in [-0.39, 0.29) is 18.4 Å². The molecule has 0 bridgehead atoms. The Labute approximate surface area is 196 Å². The van der Waals surface area contributed by atoms with Gasteiger partial charge in [-0.3, -0.25) is 4.79 Å². The third-order valence-electron chi connectivity index (χ3n) is 6.47. The van der Waals surface area contributed by atoms with Crippen LogP contribution in [0.25, 0.3) is 0 Å². The normalized spacial score (nSPS) is 21.6. The maximum absolute atomic E-state index is 12.3. The Morgan fingerprint density at radius 3 is 2.79 bits per heavy atom. The number of aromatic nitrogens is 4. The molecule has 2 aliphatic rings. The van der Waals surface area contributed by atoms with Gasteiger partial charge in [0.1, 0.15) is 0 Å². The number of hydrogen-bond acceptors (Lipinski definition) is 7. The first-order valence-electron chi connectivity index (χ1n) is 11.7. The number of alkyl halides is 2. The highest BCUT2D eigenvalue weighted by atomic mass is 32.1. The molecule has 2 aromatic heterocycles. The van der Waals surface area contributed by atoms with Crippen molar-refractivity contribution in [3.8, 4) is 5.19 Å². The van der Waals surface area contributed by atoms with Crippen molar-refractivity contribution in [3.63, 3.8) is 0 Å². The van der Waals surface area contributed by atoms with Gasteiger partial charge in [-0.2, -0.15) is 15.0 Å². The zero-order valence-electron chi connectivity index (χ0n) is 19.0. The second kappa shape index (κ2) is 11.3. The molecular formula is C22H32F2N6O2S. The lowest BCUT2D eigenvalue weighted by molar-refractivity contribution is -0.121. The molecule has 0 unspecified atom stereocenters. The number of fused-ring (bicyclic) bond motifs is 1. The Morgan fingerprint density at radius 1 is 1.27 bits per heavy atom. The Kier molecular flexibility index (Phi) is 8.24. The molecule has 0 atom stereocenters. The van der Waals surface area contributed by atoms with E-state index in [1.165, 1.54) is 27.4 Å². The van der Waals surface area contributed by atoms with Crippen LogP contribution >= 0.6 is 11.3 Å². The number of thiazole rings is 1.